The monoisotopic (exact) mass is 376 g/mol. The number of nitrogens with two attached hydrogens (primary N) is 2. The maximum atomic E-state index is 5.80. The quantitative estimate of drug-likeness (QED) is 0.670. The molecule has 0 saturated carbocycles. The summed E-state index contributed by atoms with van der Waals surface area (Å²) in [5, 5.41) is 0. The minimum Gasteiger partial charge on any atom is -0.368 e. The third-order valence-corrected chi connectivity index (χ3v) is 5.64. The van der Waals surface area contributed by atoms with Gasteiger partial charge >= 0.3 is 0 Å². The molecule has 0 aliphatic carbocycles. The van der Waals surface area contributed by atoms with Crippen molar-refractivity contribution in [2.75, 3.05) is 68.7 Å². The lowest BCUT2D eigenvalue weighted by Gasteiger charge is -2.30. The zero-order chi connectivity index (χ0) is 18.9. The van der Waals surface area contributed by atoms with Crippen LogP contribution >= 0.6 is 0 Å². The van der Waals surface area contributed by atoms with Crippen LogP contribution in [0, 0.1) is 0 Å². The predicted octanol–water partition coefficient (Wildman–Crippen LogP) is 1.59. The summed E-state index contributed by atoms with van der Waals surface area (Å²) in [6.45, 7) is 9.08. The first-order valence-corrected chi connectivity index (χ1v) is 10.7. The first-order valence-electron chi connectivity index (χ1n) is 10.7. The highest BCUT2D eigenvalue weighted by molar-refractivity contribution is 5.39. The van der Waals surface area contributed by atoms with Crippen LogP contribution in [-0.4, -0.2) is 77.1 Å². The molecule has 8 nitrogen and oxygen atoms in total. The van der Waals surface area contributed by atoms with E-state index in [1.165, 1.54) is 64.7 Å². The fourth-order valence-corrected chi connectivity index (χ4v) is 4.19. The van der Waals surface area contributed by atoms with Gasteiger partial charge in [-0.25, -0.2) is 0 Å². The first-order chi connectivity index (χ1) is 13.2. The van der Waals surface area contributed by atoms with Crippen molar-refractivity contribution in [3.63, 3.8) is 0 Å². The summed E-state index contributed by atoms with van der Waals surface area (Å²) >= 11 is 0. The Kier molecular flexibility index (Phi) is 7.89. The van der Waals surface area contributed by atoms with Gasteiger partial charge in [-0.2, -0.15) is 15.0 Å². The van der Waals surface area contributed by atoms with E-state index >= 15 is 0 Å². The number of likely N-dealkylation sites (tertiary alicyclic amines) is 2. The van der Waals surface area contributed by atoms with Crippen LogP contribution in [0.3, 0.4) is 0 Å². The number of hydrogen-bond donors (Lipinski definition) is 2. The molecule has 0 aromatic carbocycles. The molecule has 1 aromatic heterocycles. The van der Waals surface area contributed by atoms with E-state index in [1.54, 1.807) is 0 Å². The summed E-state index contributed by atoms with van der Waals surface area (Å²) in [6.07, 6.45) is 10.3. The molecule has 8 heteroatoms. The Hall–Kier alpha value is -1.67. The van der Waals surface area contributed by atoms with Crippen LogP contribution in [0.15, 0.2) is 0 Å². The van der Waals surface area contributed by atoms with Gasteiger partial charge in [-0.3, -0.25) is 0 Å². The standard InChI is InChI=1S/C19H36N8/c20-17-22-18(21)24-19(23-17)27(15-7-13-25-9-3-1-4-10-25)16-8-14-26-11-5-2-6-12-26/h1-16H2,(H4,20,21,22,23,24). The van der Waals surface area contributed by atoms with E-state index in [1.807, 2.05) is 0 Å². The van der Waals surface area contributed by atoms with E-state index in [4.69, 9.17) is 11.5 Å². The lowest BCUT2D eigenvalue weighted by atomic mass is 10.1. The predicted molar refractivity (Wildman–Crippen MR) is 111 cm³/mol. The van der Waals surface area contributed by atoms with Gasteiger partial charge in [0.1, 0.15) is 0 Å². The summed E-state index contributed by atoms with van der Waals surface area (Å²) in [4.78, 5) is 20.0. The molecule has 3 rings (SSSR count). The second kappa shape index (κ2) is 10.6. The van der Waals surface area contributed by atoms with Crippen molar-refractivity contribution in [2.45, 2.75) is 51.4 Å². The zero-order valence-electron chi connectivity index (χ0n) is 16.7. The van der Waals surface area contributed by atoms with Gasteiger partial charge in [0.05, 0.1) is 0 Å². The van der Waals surface area contributed by atoms with Crippen molar-refractivity contribution in [3.8, 4) is 0 Å². The molecule has 152 valence electrons. The average Bonchev–Trinajstić information content (AvgIpc) is 2.68. The van der Waals surface area contributed by atoms with Crippen LogP contribution in [0.1, 0.15) is 51.4 Å². The number of piperidine rings is 2. The molecular formula is C19H36N8. The van der Waals surface area contributed by atoms with Crippen LogP contribution in [0.2, 0.25) is 0 Å². The van der Waals surface area contributed by atoms with Crippen molar-refractivity contribution in [2.24, 2.45) is 0 Å². The molecule has 0 bridgehead atoms. The molecular weight excluding hydrogens is 340 g/mol. The second-order valence-corrected chi connectivity index (χ2v) is 7.85. The van der Waals surface area contributed by atoms with Gasteiger partial charge in [0.15, 0.2) is 0 Å². The molecule has 27 heavy (non-hydrogen) atoms. The maximum absolute atomic E-state index is 5.80. The maximum Gasteiger partial charge on any atom is 0.231 e. The van der Waals surface area contributed by atoms with Gasteiger partial charge in [0, 0.05) is 13.1 Å². The van der Waals surface area contributed by atoms with E-state index in [-0.39, 0.29) is 11.9 Å². The number of nitrogen functional groups attached to an aromatic ring is 2. The molecule has 3 heterocycles. The Bertz CT molecular complexity index is 510. The zero-order valence-corrected chi connectivity index (χ0v) is 16.7. The molecule has 0 unspecified atom stereocenters. The van der Waals surface area contributed by atoms with Crippen LogP contribution in [0.5, 0.6) is 0 Å². The summed E-state index contributed by atoms with van der Waals surface area (Å²) in [6, 6.07) is 0. The van der Waals surface area contributed by atoms with Crippen molar-refractivity contribution in [1.29, 1.82) is 0 Å². The number of rotatable bonds is 9. The molecule has 1 aromatic rings. The topological polar surface area (TPSA) is 100 Å². The number of nitrogens with zero attached hydrogens (tertiary/aromatic N) is 6. The summed E-state index contributed by atoms with van der Waals surface area (Å²) in [5.74, 6) is 1.03. The SMILES string of the molecule is Nc1nc(N)nc(N(CCCN2CCCCC2)CCCN2CCCCC2)n1. The lowest BCUT2D eigenvalue weighted by Crippen LogP contribution is -2.36. The lowest BCUT2D eigenvalue weighted by molar-refractivity contribution is 0.223. The minimum absolute atomic E-state index is 0.203. The molecule has 0 spiro atoms. The highest BCUT2D eigenvalue weighted by Crippen LogP contribution is 2.14. The number of aromatic nitrogens is 3. The van der Waals surface area contributed by atoms with Crippen LogP contribution < -0.4 is 16.4 Å². The summed E-state index contributed by atoms with van der Waals surface area (Å²) in [5.41, 5.74) is 11.6. The third kappa shape index (κ3) is 6.77. The normalized spacial score (nSPS) is 19.3. The van der Waals surface area contributed by atoms with Gasteiger partial charge in [0.2, 0.25) is 17.8 Å². The van der Waals surface area contributed by atoms with Crippen molar-refractivity contribution < 1.29 is 0 Å². The van der Waals surface area contributed by atoms with Gasteiger partial charge in [-0.15, -0.1) is 0 Å². The fourth-order valence-electron chi connectivity index (χ4n) is 4.19. The molecule has 0 amide bonds. The van der Waals surface area contributed by atoms with E-state index in [9.17, 15) is 0 Å². The number of hydrogen-bond acceptors (Lipinski definition) is 8. The van der Waals surface area contributed by atoms with E-state index in [0.717, 1.165) is 39.0 Å². The smallest absolute Gasteiger partial charge is 0.231 e. The van der Waals surface area contributed by atoms with Crippen molar-refractivity contribution in [3.05, 3.63) is 0 Å². The Balaban J connectivity index is 1.52. The molecule has 0 radical (unpaired) electrons. The van der Waals surface area contributed by atoms with E-state index < -0.39 is 0 Å². The largest absolute Gasteiger partial charge is 0.368 e. The van der Waals surface area contributed by atoms with Gasteiger partial charge in [-0.05, 0) is 77.8 Å². The van der Waals surface area contributed by atoms with Crippen LogP contribution in [-0.2, 0) is 0 Å². The minimum atomic E-state index is 0.203. The molecule has 2 saturated heterocycles. The van der Waals surface area contributed by atoms with Crippen LogP contribution in [0.25, 0.3) is 0 Å². The van der Waals surface area contributed by atoms with Crippen molar-refractivity contribution in [1.82, 2.24) is 24.8 Å². The Morgan fingerprint density at radius 3 is 1.56 bits per heavy atom. The highest BCUT2D eigenvalue weighted by atomic mass is 15.3. The Morgan fingerprint density at radius 2 is 1.11 bits per heavy atom. The molecule has 2 aliphatic heterocycles. The van der Waals surface area contributed by atoms with Gasteiger partial charge < -0.3 is 26.2 Å². The van der Waals surface area contributed by atoms with Crippen molar-refractivity contribution >= 4 is 17.8 Å². The van der Waals surface area contributed by atoms with Gasteiger partial charge in [0.25, 0.3) is 0 Å². The molecule has 0 atom stereocenters. The third-order valence-electron chi connectivity index (χ3n) is 5.64. The Labute approximate surface area is 163 Å². The number of anilines is 3. The highest BCUT2D eigenvalue weighted by Gasteiger charge is 2.15. The second-order valence-electron chi connectivity index (χ2n) is 7.85. The average molecular weight is 377 g/mol. The fraction of sp³-hybridized carbons (Fsp3) is 0.842. The Morgan fingerprint density at radius 1 is 0.667 bits per heavy atom. The van der Waals surface area contributed by atoms with E-state index in [0.29, 0.717) is 5.95 Å². The molecule has 2 aliphatic rings. The van der Waals surface area contributed by atoms with Gasteiger partial charge in [-0.1, -0.05) is 12.8 Å². The molecule has 4 N–H and O–H groups in total. The summed E-state index contributed by atoms with van der Waals surface area (Å²) < 4.78 is 0. The summed E-state index contributed by atoms with van der Waals surface area (Å²) in [7, 11) is 0. The van der Waals surface area contributed by atoms with E-state index in [2.05, 4.69) is 29.7 Å². The van der Waals surface area contributed by atoms with Crippen LogP contribution in [0.4, 0.5) is 17.8 Å². The molecule has 2 fully saturated rings. The first kappa shape index (κ1) is 20.1.